The molecule has 0 unspecified atom stereocenters. The van der Waals surface area contributed by atoms with E-state index in [9.17, 15) is 8.78 Å². The average molecular weight is 364 g/mol. The second-order valence-corrected chi connectivity index (χ2v) is 7.15. The molecular formula is C16H10F2N2O2S2. The van der Waals surface area contributed by atoms with Crippen LogP contribution in [0.4, 0.5) is 8.78 Å². The summed E-state index contributed by atoms with van der Waals surface area (Å²) in [5.74, 6) is 0.768. The Morgan fingerprint density at radius 3 is 2.67 bits per heavy atom. The Bertz CT molecular complexity index is 872. The van der Waals surface area contributed by atoms with Crippen molar-refractivity contribution < 1.29 is 18.3 Å². The number of nitrogens with zero attached hydrogens (tertiary/aromatic N) is 2. The summed E-state index contributed by atoms with van der Waals surface area (Å²) in [6, 6.07) is 14.7. The van der Waals surface area contributed by atoms with Crippen molar-refractivity contribution >= 4 is 23.1 Å². The van der Waals surface area contributed by atoms with Crippen LogP contribution in [0.25, 0.3) is 10.6 Å². The van der Waals surface area contributed by atoms with Crippen LogP contribution in [0.5, 0.6) is 11.5 Å². The Morgan fingerprint density at radius 2 is 1.83 bits per heavy atom. The van der Waals surface area contributed by atoms with Gasteiger partial charge in [-0.3, -0.25) is 0 Å². The first kappa shape index (κ1) is 15.3. The Morgan fingerprint density at radius 1 is 1.00 bits per heavy atom. The average Bonchev–Trinajstić information content (AvgIpc) is 3.16. The summed E-state index contributed by atoms with van der Waals surface area (Å²) < 4.78 is 36.4. The van der Waals surface area contributed by atoms with Gasteiger partial charge in [-0.2, -0.15) is 0 Å². The summed E-state index contributed by atoms with van der Waals surface area (Å²) >= 11 is 2.88. The number of ether oxygens (including phenoxy) is 2. The molecule has 0 bridgehead atoms. The summed E-state index contributed by atoms with van der Waals surface area (Å²) in [6.45, 7) is 0. The van der Waals surface area contributed by atoms with Crippen LogP contribution in [0.3, 0.4) is 0 Å². The summed E-state index contributed by atoms with van der Waals surface area (Å²) in [7, 11) is 0. The van der Waals surface area contributed by atoms with E-state index in [-0.39, 0.29) is 11.5 Å². The lowest BCUT2D eigenvalue weighted by Crippen LogP contribution is -2.26. The number of para-hydroxylation sites is 1. The molecule has 4 rings (SSSR count). The number of benzene rings is 2. The van der Waals surface area contributed by atoms with Crippen LogP contribution in [0.15, 0.2) is 52.9 Å². The maximum absolute atomic E-state index is 13.3. The predicted molar refractivity (Wildman–Crippen MR) is 87.6 cm³/mol. The first-order valence-corrected chi connectivity index (χ1v) is 8.80. The first-order chi connectivity index (χ1) is 11.6. The van der Waals surface area contributed by atoms with Crippen LogP contribution in [0.2, 0.25) is 0 Å². The molecule has 0 N–H and O–H groups in total. The third-order valence-electron chi connectivity index (χ3n) is 3.27. The van der Waals surface area contributed by atoms with E-state index in [0.717, 1.165) is 10.1 Å². The van der Waals surface area contributed by atoms with E-state index >= 15 is 0 Å². The fourth-order valence-electron chi connectivity index (χ4n) is 2.23. The summed E-state index contributed by atoms with van der Waals surface area (Å²) in [5, 5.41) is 8.73. The minimum absolute atomic E-state index is 0.00161. The van der Waals surface area contributed by atoms with E-state index in [1.54, 1.807) is 23.9 Å². The van der Waals surface area contributed by atoms with Crippen LogP contribution in [0, 0.1) is 0 Å². The van der Waals surface area contributed by atoms with Crippen LogP contribution < -0.4 is 9.47 Å². The van der Waals surface area contributed by atoms with Gasteiger partial charge in [-0.15, -0.1) is 19.0 Å². The maximum atomic E-state index is 13.3. The molecule has 0 aliphatic carbocycles. The molecule has 0 saturated carbocycles. The van der Waals surface area contributed by atoms with Crippen molar-refractivity contribution in [1.29, 1.82) is 0 Å². The predicted octanol–water partition coefficient (Wildman–Crippen LogP) is 4.82. The molecule has 1 aliphatic rings. The number of thioether (sulfide) groups is 1. The van der Waals surface area contributed by atoms with Gasteiger partial charge in [0.1, 0.15) is 0 Å². The molecule has 1 aliphatic heterocycles. The minimum atomic E-state index is -3.64. The summed E-state index contributed by atoms with van der Waals surface area (Å²) in [5.41, 5.74) is 1.63. The highest BCUT2D eigenvalue weighted by atomic mass is 32.2. The molecule has 8 heteroatoms. The normalized spacial score (nSPS) is 14.8. The molecule has 3 aromatic rings. The van der Waals surface area contributed by atoms with Gasteiger partial charge in [0.05, 0.1) is 5.56 Å². The quantitative estimate of drug-likeness (QED) is 0.621. The number of hydrogen-bond acceptors (Lipinski definition) is 6. The number of hydrogen-bond donors (Lipinski definition) is 0. The molecule has 24 heavy (non-hydrogen) atoms. The molecule has 0 saturated heterocycles. The Kier molecular flexibility index (Phi) is 3.85. The van der Waals surface area contributed by atoms with Gasteiger partial charge in [-0.05, 0) is 17.7 Å². The van der Waals surface area contributed by atoms with Crippen molar-refractivity contribution in [2.75, 3.05) is 0 Å². The largest absolute Gasteiger partial charge is 0.586 e. The number of alkyl halides is 2. The van der Waals surface area contributed by atoms with E-state index in [2.05, 4.69) is 19.7 Å². The van der Waals surface area contributed by atoms with Crippen LogP contribution >= 0.6 is 23.1 Å². The van der Waals surface area contributed by atoms with Gasteiger partial charge in [0.25, 0.3) is 0 Å². The van der Waals surface area contributed by atoms with Crippen molar-refractivity contribution in [3.63, 3.8) is 0 Å². The summed E-state index contributed by atoms with van der Waals surface area (Å²) in [6.07, 6.45) is -3.64. The second kappa shape index (κ2) is 6.03. The molecule has 2 aromatic carbocycles. The van der Waals surface area contributed by atoms with E-state index in [0.29, 0.717) is 10.6 Å². The van der Waals surface area contributed by atoms with Crippen LogP contribution in [-0.2, 0) is 5.75 Å². The number of aromatic nitrogens is 2. The lowest BCUT2D eigenvalue weighted by molar-refractivity contribution is -0.286. The van der Waals surface area contributed by atoms with Gasteiger partial charge in [0.15, 0.2) is 20.8 Å². The molecule has 122 valence electrons. The van der Waals surface area contributed by atoms with Crippen LogP contribution in [0.1, 0.15) is 5.56 Å². The standard InChI is InChI=1S/C16H10F2N2O2S2/c17-16(18)21-12-8-4-7-11(13(12)22-16)14-19-20-15(24-14)23-9-10-5-2-1-3-6-10/h1-8H,9H2. The minimum Gasteiger partial charge on any atom is -0.395 e. The van der Waals surface area contributed by atoms with Gasteiger partial charge in [-0.25, -0.2) is 0 Å². The topological polar surface area (TPSA) is 44.2 Å². The molecule has 0 fully saturated rings. The lowest BCUT2D eigenvalue weighted by Gasteiger charge is -2.05. The zero-order chi connectivity index (χ0) is 16.6. The van der Waals surface area contributed by atoms with E-state index in [1.165, 1.54) is 23.0 Å². The van der Waals surface area contributed by atoms with Gasteiger partial charge >= 0.3 is 6.29 Å². The molecule has 0 spiro atoms. The Hall–Kier alpha value is -2.19. The highest BCUT2D eigenvalue weighted by molar-refractivity contribution is 8.00. The highest BCUT2D eigenvalue weighted by Crippen LogP contribution is 2.47. The zero-order valence-electron chi connectivity index (χ0n) is 12.1. The molecule has 0 radical (unpaired) electrons. The van der Waals surface area contributed by atoms with Gasteiger partial charge < -0.3 is 9.47 Å². The third kappa shape index (κ3) is 3.07. The first-order valence-electron chi connectivity index (χ1n) is 7.00. The third-order valence-corrected chi connectivity index (χ3v) is 5.43. The molecule has 1 aromatic heterocycles. The van der Waals surface area contributed by atoms with Gasteiger partial charge in [0.2, 0.25) is 0 Å². The fourth-order valence-corrected chi connectivity index (χ4v) is 4.06. The van der Waals surface area contributed by atoms with Gasteiger partial charge in [0, 0.05) is 5.75 Å². The van der Waals surface area contributed by atoms with Crippen molar-refractivity contribution in [3.05, 3.63) is 54.1 Å². The van der Waals surface area contributed by atoms with Crippen LogP contribution in [-0.4, -0.2) is 16.5 Å². The number of rotatable bonds is 4. The SMILES string of the molecule is FC1(F)Oc2cccc(-c3nnc(SCc4ccccc4)s3)c2O1. The monoisotopic (exact) mass is 364 g/mol. The molecular weight excluding hydrogens is 354 g/mol. The molecule has 0 amide bonds. The van der Waals surface area contributed by atoms with Crippen molar-refractivity contribution in [2.45, 2.75) is 16.4 Å². The molecule has 4 nitrogen and oxygen atoms in total. The van der Waals surface area contributed by atoms with Crippen molar-refractivity contribution in [1.82, 2.24) is 10.2 Å². The van der Waals surface area contributed by atoms with Crippen molar-refractivity contribution in [2.24, 2.45) is 0 Å². The second-order valence-electron chi connectivity index (χ2n) is 4.95. The fraction of sp³-hybridized carbons (Fsp3) is 0.125. The lowest BCUT2D eigenvalue weighted by atomic mass is 10.2. The van der Waals surface area contributed by atoms with E-state index in [4.69, 9.17) is 0 Å². The Labute approximate surface area is 144 Å². The zero-order valence-corrected chi connectivity index (χ0v) is 13.7. The highest BCUT2D eigenvalue weighted by Gasteiger charge is 2.44. The number of fused-ring (bicyclic) bond motifs is 1. The van der Waals surface area contributed by atoms with Crippen molar-refractivity contribution in [3.8, 4) is 22.1 Å². The summed E-state index contributed by atoms with van der Waals surface area (Å²) in [4.78, 5) is 0. The maximum Gasteiger partial charge on any atom is 0.586 e. The molecule has 2 heterocycles. The Balaban J connectivity index is 1.55. The van der Waals surface area contributed by atoms with Gasteiger partial charge in [-0.1, -0.05) is 59.5 Å². The smallest absolute Gasteiger partial charge is 0.395 e. The molecule has 0 atom stereocenters. The number of halogens is 2. The van der Waals surface area contributed by atoms with E-state index in [1.807, 2.05) is 30.3 Å². The van der Waals surface area contributed by atoms with E-state index < -0.39 is 6.29 Å².